The molecule has 2 unspecified atom stereocenters. The molecule has 1 heterocycles. The molecule has 1 N–H and O–H groups in total. The second kappa shape index (κ2) is 8.98. The molecular weight excluding hydrogens is 366 g/mol. The van der Waals surface area contributed by atoms with E-state index in [0.717, 1.165) is 37.1 Å². The molecule has 5 fully saturated rings. The Hall–Kier alpha value is -0.360. The number of ether oxygens (including phenoxy) is 2. The first-order chi connectivity index (χ1) is 12.5. The number of nitrogens with zero attached hydrogens (tertiary/aromatic N) is 1. The SMILES string of the molecule is CCOC(=O)C1CCCN(CC(O)COC23CC4CC(CC(C4)C2)C3)C1.Cl. The quantitative estimate of drug-likeness (QED) is 0.664. The zero-order valence-corrected chi connectivity index (χ0v) is 17.4. The zero-order valence-electron chi connectivity index (χ0n) is 16.6. The van der Waals surface area contributed by atoms with Gasteiger partial charge in [0.1, 0.15) is 0 Å². The molecule has 0 radical (unpaired) electrons. The molecule has 6 heteroatoms. The van der Waals surface area contributed by atoms with Crippen molar-refractivity contribution < 1.29 is 19.4 Å². The van der Waals surface area contributed by atoms with Gasteiger partial charge in [-0.05, 0) is 82.6 Å². The van der Waals surface area contributed by atoms with Crippen molar-refractivity contribution in [2.75, 3.05) is 32.8 Å². The standard InChI is InChI=1S/C21H35NO4.ClH/c1-2-25-20(24)18-4-3-5-22(12-18)13-19(23)14-26-21-9-15-6-16(10-21)8-17(7-15)11-21;/h15-19,23H,2-14H2,1H3;1H. The van der Waals surface area contributed by atoms with E-state index in [1.165, 1.54) is 38.5 Å². The number of piperidine rings is 1. The topological polar surface area (TPSA) is 59.0 Å². The van der Waals surface area contributed by atoms with E-state index < -0.39 is 6.10 Å². The van der Waals surface area contributed by atoms with Gasteiger partial charge in [-0.3, -0.25) is 9.69 Å². The van der Waals surface area contributed by atoms with Crippen LogP contribution in [0.5, 0.6) is 0 Å². The van der Waals surface area contributed by atoms with Crippen LogP contribution >= 0.6 is 12.4 Å². The fourth-order valence-corrected chi connectivity index (χ4v) is 6.51. The van der Waals surface area contributed by atoms with E-state index in [1.54, 1.807) is 0 Å². The van der Waals surface area contributed by atoms with Crippen LogP contribution in [-0.2, 0) is 14.3 Å². The smallest absolute Gasteiger partial charge is 0.310 e. The fourth-order valence-electron chi connectivity index (χ4n) is 6.51. The summed E-state index contributed by atoms with van der Waals surface area (Å²) in [4.78, 5) is 14.2. The maximum Gasteiger partial charge on any atom is 0.310 e. The van der Waals surface area contributed by atoms with Gasteiger partial charge in [0.05, 0.1) is 30.8 Å². The largest absolute Gasteiger partial charge is 0.466 e. The highest BCUT2D eigenvalue weighted by Crippen LogP contribution is 2.57. The predicted octanol–water partition coefficient (Wildman–Crippen LogP) is 3.03. The summed E-state index contributed by atoms with van der Waals surface area (Å²) in [7, 11) is 0. The van der Waals surface area contributed by atoms with Gasteiger partial charge in [-0.25, -0.2) is 0 Å². The Labute approximate surface area is 169 Å². The van der Waals surface area contributed by atoms with Gasteiger partial charge in [-0.2, -0.15) is 0 Å². The molecule has 5 rings (SSSR count). The minimum absolute atomic E-state index is 0. The van der Waals surface area contributed by atoms with Gasteiger partial charge in [-0.15, -0.1) is 12.4 Å². The van der Waals surface area contributed by atoms with Crippen LogP contribution in [0.2, 0.25) is 0 Å². The number of aliphatic hydroxyl groups excluding tert-OH is 1. The Morgan fingerprint density at radius 3 is 2.41 bits per heavy atom. The summed E-state index contributed by atoms with van der Waals surface area (Å²) in [5.41, 5.74) is 0.0606. The lowest BCUT2D eigenvalue weighted by Gasteiger charge is -2.56. The average molecular weight is 402 g/mol. The van der Waals surface area contributed by atoms with Crippen LogP contribution in [0, 0.1) is 23.7 Å². The number of likely N-dealkylation sites (tertiary alicyclic amines) is 1. The van der Waals surface area contributed by atoms with E-state index in [1.807, 2.05) is 6.92 Å². The summed E-state index contributed by atoms with van der Waals surface area (Å²) in [5.74, 6) is 2.47. The number of esters is 1. The van der Waals surface area contributed by atoms with Gasteiger partial charge in [0.2, 0.25) is 0 Å². The number of carbonyl (C=O) groups is 1. The normalized spacial score (nSPS) is 39.0. The van der Waals surface area contributed by atoms with Crippen LogP contribution in [0.1, 0.15) is 58.3 Å². The van der Waals surface area contributed by atoms with E-state index in [9.17, 15) is 9.90 Å². The number of carbonyl (C=O) groups excluding carboxylic acids is 1. The minimum atomic E-state index is -0.469. The second-order valence-corrected chi connectivity index (χ2v) is 9.42. The molecule has 0 aromatic carbocycles. The summed E-state index contributed by atoms with van der Waals surface area (Å²) in [6.07, 6.45) is 9.28. The maximum absolute atomic E-state index is 12.0. The van der Waals surface area contributed by atoms with Gasteiger partial charge < -0.3 is 14.6 Å². The molecule has 0 aromatic heterocycles. The number of halogens is 1. The Balaban J connectivity index is 0.00000210. The van der Waals surface area contributed by atoms with Gasteiger partial charge >= 0.3 is 5.97 Å². The second-order valence-electron chi connectivity index (χ2n) is 9.42. The van der Waals surface area contributed by atoms with Crippen LogP contribution in [0.15, 0.2) is 0 Å². The average Bonchev–Trinajstić information content (AvgIpc) is 2.59. The monoisotopic (exact) mass is 401 g/mol. The van der Waals surface area contributed by atoms with Crippen molar-refractivity contribution in [1.29, 1.82) is 0 Å². The lowest BCUT2D eigenvalue weighted by molar-refractivity contribution is -0.176. The van der Waals surface area contributed by atoms with E-state index in [4.69, 9.17) is 9.47 Å². The van der Waals surface area contributed by atoms with Gasteiger partial charge in [0.25, 0.3) is 0 Å². The third-order valence-electron chi connectivity index (χ3n) is 7.16. The van der Waals surface area contributed by atoms with Crippen LogP contribution in [-0.4, -0.2) is 60.5 Å². The highest BCUT2D eigenvalue weighted by atomic mass is 35.5. The van der Waals surface area contributed by atoms with Gasteiger partial charge in [0.15, 0.2) is 0 Å². The third kappa shape index (κ3) is 4.98. The van der Waals surface area contributed by atoms with Crippen molar-refractivity contribution in [2.24, 2.45) is 23.7 Å². The first-order valence-electron chi connectivity index (χ1n) is 10.8. The van der Waals surface area contributed by atoms with Crippen LogP contribution in [0.25, 0.3) is 0 Å². The Morgan fingerprint density at radius 2 is 1.81 bits per heavy atom. The Morgan fingerprint density at radius 1 is 1.19 bits per heavy atom. The van der Waals surface area contributed by atoms with Crippen molar-refractivity contribution in [3.63, 3.8) is 0 Å². The molecule has 0 aromatic rings. The van der Waals surface area contributed by atoms with Crippen molar-refractivity contribution in [2.45, 2.75) is 70.0 Å². The number of rotatable bonds is 7. The van der Waals surface area contributed by atoms with Gasteiger partial charge in [0, 0.05) is 13.1 Å². The molecule has 0 amide bonds. The summed E-state index contributed by atoms with van der Waals surface area (Å²) in [6.45, 7) is 4.98. The number of aliphatic hydroxyl groups is 1. The first kappa shape index (κ1) is 21.4. The number of hydrogen-bond donors (Lipinski definition) is 1. The third-order valence-corrected chi connectivity index (χ3v) is 7.16. The van der Waals surface area contributed by atoms with Crippen molar-refractivity contribution in [3.8, 4) is 0 Å². The van der Waals surface area contributed by atoms with Crippen LogP contribution in [0.3, 0.4) is 0 Å². The minimum Gasteiger partial charge on any atom is -0.466 e. The van der Waals surface area contributed by atoms with Crippen molar-refractivity contribution in [1.82, 2.24) is 4.90 Å². The Bertz CT molecular complexity index is 479. The molecule has 2 atom stereocenters. The molecular formula is C21H36ClNO4. The summed E-state index contributed by atoms with van der Waals surface area (Å²) < 4.78 is 11.6. The lowest BCUT2D eigenvalue weighted by Crippen LogP contribution is -2.53. The molecule has 27 heavy (non-hydrogen) atoms. The molecule has 4 aliphatic carbocycles. The molecule has 4 bridgehead atoms. The molecule has 156 valence electrons. The molecule has 5 nitrogen and oxygen atoms in total. The van der Waals surface area contributed by atoms with E-state index in [0.29, 0.717) is 26.3 Å². The molecule has 1 aliphatic heterocycles. The molecule has 1 saturated heterocycles. The molecule has 5 aliphatic rings. The van der Waals surface area contributed by atoms with Gasteiger partial charge in [-0.1, -0.05) is 0 Å². The molecule has 0 spiro atoms. The van der Waals surface area contributed by atoms with Crippen LogP contribution in [0.4, 0.5) is 0 Å². The fraction of sp³-hybridized carbons (Fsp3) is 0.952. The summed E-state index contributed by atoms with van der Waals surface area (Å²) in [6, 6.07) is 0. The number of β-amino-alcohol motifs (C(OH)–C–C–N with tert-alkyl or cyclic N) is 1. The highest BCUT2D eigenvalue weighted by molar-refractivity contribution is 5.85. The lowest BCUT2D eigenvalue weighted by atomic mass is 9.54. The molecule has 4 saturated carbocycles. The summed E-state index contributed by atoms with van der Waals surface area (Å²) >= 11 is 0. The van der Waals surface area contributed by atoms with Crippen LogP contribution < -0.4 is 0 Å². The summed E-state index contributed by atoms with van der Waals surface area (Å²) in [5, 5.41) is 10.5. The van der Waals surface area contributed by atoms with E-state index in [-0.39, 0.29) is 29.9 Å². The first-order valence-corrected chi connectivity index (χ1v) is 10.8. The highest BCUT2D eigenvalue weighted by Gasteiger charge is 2.51. The Kier molecular flexibility index (Phi) is 7.10. The van der Waals surface area contributed by atoms with E-state index in [2.05, 4.69) is 4.90 Å². The van der Waals surface area contributed by atoms with Crippen molar-refractivity contribution >= 4 is 18.4 Å². The number of hydrogen-bond acceptors (Lipinski definition) is 5. The van der Waals surface area contributed by atoms with E-state index >= 15 is 0 Å². The predicted molar refractivity (Wildman–Crippen MR) is 106 cm³/mol. The van der Waals surface area contributed by atoms with Crippen molar-refractivity contribution in [3.05, 3.63) is 0 Å². The zero-order chi connectivity index (χ0) is 18.1. The maximum atomic E-state index is 12.0.